The van der Waals surface area contributed by atoms with Gasteiger partial charge in [-0.15, -0.1) is 10.2 Å². The zero-order valence-corrected chi connectivity index (χ0v) is 14.4. The van der Waals surface area contributed by atoms with Crippen LogP contribution in [0.3, 0.4) is 0 Å². The topological polar surface area (TPSA) is 77.5 Å². The van der Waals surface area contributed by atoms with Crippen LogP contribution in [-0.2, 0) is 13.1 Å². The van der Waals surface area contributed by atoms with Crippen molar-refractivity contribution < 1.29 is 0 Å². The maximum Gasteiger partial charge on any atom is 0.153 e. The first kappa shape index (κ1) is 15.7. The fourth-order valence-electron chi connectivity index (χ4n) is 3.48. The molecule has 0 amide bonds. The van der Waals surface area contributed by atoms with E-state index < -0.39 is 0 Å². The van der Waals surface area contributed by atoms with E-state index in [9.17, 15) is 0 Å². The number of anilines is 1. The molecule has 0 N–H and O–H groups in total. The van der Waals surface area contributed by atoms with Crippen LogP contribution < -0.4 is 4.90 Å². The SMILES string of the molecule is CCn1c(Cn2ccnc2)nnc1C1CCN(c2cnccn2)CC1. The summed E-state index contributed by atoms with van der Waals surface area (Å²) in [4.78, 5) is 15.0. The fraction of sp³-hybridized carbons (Fsp3) is 0.471. The first-order chi connectivity index (χ1) is 12.3. The molecule has 25 heavy (non-hydrogen) atoms. The number of imidazole rings is 1. The third-order valence-electron chi connectivity index (χ3n) is 4.79. The molecule has 0 spiro atoms. The van der Waals surface area contributed by atoms with Gasteiger partial charge in [0.05, 0.1) is 19.1 Å². The van der Waals surface area contributed by atoms with Gasteiger partial charge in [0.2, 0.25) is 0 Å². The van der Waals surface area contributed by atoms with Crippen molar-refractivity contribution in [2.45, 2.75) is 38.8 Å². The van der Waals surface area contributed by atoms with Crippen LogP contribution in [0, 0.1) is 0 Å². The molecular weight excluding hydrogens is 316 g/mol. The van der Waals surface area contributed by atoms with Gasteiger partial charge in [0.15, 0.2) is 5.82 Å². The molecule has 0 bridgehead atoms. The number of hydrogen-bond donors (Lipinski definition) is 0. The molecule has 8 nitrogen and oxygen atoms in total. The van der Waals surface area contributed by atoms with E-state index in [4.69, 9.17) is 0 Å². The van der Waals surface area contributed by atoms with E-state index in [0.29, 0.717) is 12.5 Å². The molecule has 3 aromatic heterocycles. The van der Waals surface area contributed by atoms with E-state index in [1.54, 1.807) is 18.6 Å². The molecule has 8 heteroatoms. The van der Waals surface area contributed by atoms with Gasteiger partial charge >= 0.3 is 0 Å². The lowest BCUT2D eigenvalue weighted by Crippen LogP contribution is -2.34. The number of rotatable bonds is 5. The van der Waals surface area contributed by atoms with Gasteiger partial charge < -0.3 is 14.0 Å². The van der Waals surface area contributed by atoms with E-state index in [1.165, 1.54) is 0 Å². The summed E-state index contributed by atoms with van der Waals surface area (Å²) >= 11 is 0. The van der Waals surface area contributed by atoms with E-state index in [-0.39, 0.29) is 0 Å². The number of piperidine rings is 1. The van der Waals surface area contributed by atoms with Crippen molar-refractivity contribution in [2.24, 2.45) is 0 Å². The number of aromatic nitrogens is 7. The largest absolute Gasteiger partial charge is 0.355 e. The van der Waals surface area contributed by atoms with E-state index in [0.717, 1.165) is 49.9 Å². The molecule has 3 aromatic rings. The Labute approximate surface area is 146 Å². The lowest BCUT2D eigenvalue weighted by molar-refractivity contribution is 0.462. The molecule has 1 saturated heterocycles. The first-order valence-corrected chi connectivity index (χ1v) is 8.74. The lowest BCUT2D eigenvalue weighted by atomic mass is 9.96. The summed E-state index contributed by atoms with van der Waals surface area (Å²) in [5.74, 6) is 3.50. The van der Waals surface area contributed by atoms with Crippen LogP contribution in [0.5, 0.6) is 0 Å². The third kappa shape index (κ3) is 3.24. The molecule has 0 unspecified atom stereocenters. The van der Waals surface area contributed by atoms with Crippen LogP contribution in [0.1, 0.15) is 37.3 Å². The molecule has 130 valence electrons. The summed E-state index contributed by atoms with van der Waals surface area (Å²) in [5.41, 5.74) is 0. The van der Waals surface area contributed by atoms with Crippen LogP contribution in [0.4, 0.5) is 5.82 Å². The Balaban J connectivity index is 1.47. The summed E-state index contributed by atoms with van der Waals surface area (Å²) < 4.78 is 4.28. The predicted octanol–water partition coefficient (Wildman–Crippen LogP) is 1.72. The Hall–Kier alpha value is -2.77. The Bertz CT molecular complexity index is 787. The average Bonchev–Trinajstić information content (AvgIpc) is 3.32. The van der Waals surface area contributed by atoms with Crippen molar-refractivity contribution >= 4 is 5.82 Å². The minimum atomic E-state index is 0.442. The Morgan fingerprint density at radius 1 is 1.08 bits per heavy atom. The zero-order chi connectivity index (χ0) is 17.1. The smallest absolute Gasteiger partial charge is 0.153 e. The van der Waals surface area contributed by atoms with Gasteiger partial charge in [0.1, 0.15) is 11.6 Å². The second-order valence-corrected chi connectivity index (χ2v) is 6.28. The molecule has 0 radical (unpaired) electrons. The van der Waals surface area contributed by atoms with Crippen molar-refractivity contribution in [3.05, 3.63) is 49.0 Å². The summed E-state index contributed by atoms with van der Waals surface area (Å²) in [6.07, 6.45) is 13.0. The molecular formula is C17H22N8. The van der Waals surface area contributed by atoms with Crippen LogP contribution >= 0.6 is 0 Å². The van der Waals surface area contributed by atoms with Gasteiger partial charge in [-0.3, -0.25) is 4.98 Å². The zero-order valence-electron chi connectivity index (χ0n) is 14.4. The highest BCUT2D eigenvalue weighted by atomic mass is 15.3. The number of hydrogen-bond acceptors (Lipinski definition) is 6. The van der Waals surface area contributed by atoms with E-state index in [2.05, 4.69) is 41.5 Å². The van der Waals surface area contributed by atoms with Gasteiger partial charge in [0, 0.05) is 50.3 Å². The maximum absolute atomic E-state index is 4.52. The van der Waals surface area contributed by atoms with Gasteiger partial charge in [0.25, 0.3) is 0 Å². The maximum atomic E-state index is 4.52. The van der Waals surface area contributed by atoms with Gasteiger partial charge in [-0.05, 0) is 19.8 Å². The number of nitrogens with zero attached hydrogens (tertiary/aromatic N) is 8. The summed E-state index contributed by atoms with van der Waals surface area (Å²) in [7, 11) is 0. The monoisotopic (exact) mass is 338 g/mol. The second-order valence-electron chi connectivity index (χ2n) is 6.28. The minimum absolute atomic E-state index is 0.442. The van der Waals surface area contributed by atoms with Crippen LogP contribution in [0.15, 0.2) is 37.3 Å². The second kappa shape index (κ2) is 7.00. The normalized spacial score (nSPS) is 15.6. The molecule has 1 aliphatic heterocycles. The highest BCUT2D eigenvalue weighted by molar-refractivity contribution is 5.35. The summed E-state index contributed by atoms with van der Waals surface area (Å²) in [6, 6.07) is 0. The highest BCUT2D eigenvalue weighted by Gasteiger charge is 2.26. The molecule has 4 heterocycles. The van der Waals surface area contributed by atoms with Crippen LogP contribution in [0.2, 0.25) is 0 Å². The van der Waals surface area contributed by atoms with Crippen LogP contribution in [0.25, 0.3) is 0 Å². The average molecular weight is 338 g/mol. The molecule has 0 saturated carbocycles. The van der Waals surface area contributed by atoms with Crippen molar-refractivity contribution in [3.8, 4) is 0 Å². The fourth-order valence-corrected chi connectivity index (χ4v) is 3.48. The van der Waals surface area contributed by atoms with Gasteiger partial charge in [-0.2, -0.15) is 0 Å². The quantitative estimate of drug-likeness (QED) is 0.705. The van der Waals surface area contributed by atoms with E-state index in [1.807, 2.05) is 23.3 Å². The minimum Gasteiger partial charge on any atom is -0.355 e. The van der Waals surface area contributed by atoms with Crippen molar-refractivity contribution in [1.82, 2.24) is 34.3 Å². The van der Waals surface area contributed by atoms with Crippen LogP contribution in [-0.4, -0.2) is 47.4 Å². The van der Waals surface area contributed by atoms with Gasteiger partial charge in [-0.25, -0.2) is 9.97 Å². The summed E-state index contributed by atoms with van der Waals surface area (Å²) in [5, 5.41) is 8.96. The molecule has 1 aliphatic rings. The Kier molecular flexibility index (Phi) is 4.41. The Morgan fingerprint density at radius 2 is 1.96 bits per heavy atom. The molecule has 1 fully saturated rings. The molecule has 0 aromatic carbocycles. The molecule has 0 atom stereocenters. The predicted molar refractivity (Wildman–Crippen MR) is 93.2 cm³/mol. The standard InChI is InChI=1S/C17H22N8/c1-2-25-16(12-23-10-7-19-13-23)21-22-17(25)14-3-8-24(9-4-14)15-11-18-5-6-20-15/h5-7,10-11,13-14H,2-4,8-9,12H2,1H3. The molecule has 4 rings (SSSR count). The van der Waals surface area contributed by atoms with Crippen molar-refractivity contribution in [1.29, 1.82) is 0 Å². The van der Waals surface area contributed by atoms with Gasteiger partial charge in [-0.1, -0.05) is 0 Å². The highest BCUT2D eigenvalue weighted by Crippen LogP contribution is 2.29. The van der Waals surface area contributed by atoms with Crippen molar-refractivity contribution in [3.63, 3.8) is 0 Å². The molecule has 0 aliphatic carbocycles. The Morgan fingerprint density at radius 3 is 2.64 bits per heavy atom. The summed E-state index contributed by atoms with van der Waals surface area (Å²) in [6.45, 7) is 5.68. The third-order valence-corrected chi connectivity index (χ3v) is 4.79. The lowest BCUT2D eigenvalue weighted by Gasteiger charge is -2.32. The van der Waals surface area contributed by atoms with E-state index >= 15 is 0 Å². The van der Waals surface area contributed by atoms with Crippen molar-refractivity contribution in [2.75, 3.05) is 18.0 Å². The first-order valence-electron chi connectivity index (χ1n) is 8.74.